The first-order valence-electron chi connectivity index (χ1n) is 7.33. The van der Waals surface area contributed by atoms with Crippen LogP contribution in [0.15, 0.2) is 18.2 Å². The lowest BCUT2D eigenvalue weighted by Crippen LogP contribution is -2.34. The summed E-state index contributed by atoms with van der Waals surface area (Å²) in [7, 11) is 0. The van der Waals surface area contributed by atoms with Crippen molar-refractivity contribution in [3.05, 3.63) is 29.6 Å². The third kappa shape index (κ3) is 4.04. The quantitative estimate of drug-likeness (QED) is 0.888. The van der Waals surface area contributed by atoms with Crippen molar-refractivity contribution in [3.8, 4) is 0 Å². The molecule has 0 saturated carbocycles. The Morgan fingerprint density at radius 3 is 3.00 bits per heavy atom. The Morgan fingerprint density at radius 1 is 1.55 bits per heavy atom. The Bertz CT molecular complexity index is 470. The summed E-state index contributed by atoms with van der Waals surface area (Å²) in [4.78, 5) is 12.0. The Morgan fingerprint density at radius 2 is 2.35 bits per heavy atom. The Hall–Kier alpha value is -1.42. The van der Waals surface area contributed by atoms with Crippen molar-refractivity contribution in [3.63, 3.8) is 0 Å². The van der Waals surface area contributed by atoms with Gasteiger partial charge in [0.25, 0.3) is 0 Å². The minimum Gasteiger partial charge on any atom is -0.326 e. The number of hydrogen-bond acceptors (Lipinski definition) is 2. The molecule has 0 bridgehead atoms. The third-order valence-corrected chi connectivity index (χ3v) is 4.09. The van der Waals surface area contributed by atoms with E-state index in [9.17, 15) is 9.18 Å². The first kappa shape index (κ1) is 15.0. The number of nitrogens with one attached hydrogen (secondary N) is 2. The molecule has 2 unspecified atom stereocenters. The molecule has 1 aliphatic rings. The number of anilines is 1. The van der Waals surface area contributed by atoms with E-state index in [4.69, 9.17) is 0 Å². The van der Waals surface area contributed by atoms with Crippen LogP contribution in [0.25, 0.3) is 0 Å². The van der Waals surface area contributed by atoms with Crippen molar-refractivity contribution < 1.29 is 9.18 Å². The van der Waals surface area contributed by atoms with E-state index in [1.807, 2.05) is 0 Å². The van der Waals surface area contributed by atoms with Crippen LogP contribution in [-0.4, -0.2) is 19.0 Å². The molecule has 2 atom stereocenters. The molecule has 1 aromatic rings. The Labute approximate surface area is 120 Å². The van der Waals surface area contributed by atoms with E-state index in [0.29, 0.717) is 29.5 Å². The van der Waals surface area contributed by atoms with Gasteiger partial charge in [0.15, 0.2) is 0 Å². The highest BCUT2D eigenvalue weighted by Gasteiger charge is 2.22. The Kier molecular flexibility index (Phi) is 5.12. The number of amides is 1. The number of carbonyl (C=O) groups excluding carboxylic acids is 1. The average molecular weight is 278 g/mol. The van der Waals surface area contributed by atoms with Crippen LogP contribution < -0.4 is 10.6 Å². The fraction of sp³-hybridized carbons (Fsp3) is 0.562. The van der Waals surface area contributed by atoms with Gasteiger partial charge in [-0.15, -0.1) is 0 Å². The molecule has 0 radical (unpaired) electrons. The second-order valence-corrected chi connectivity index (χ2v) is 5.80. The lowest BCUT2D eigenvalue weighted by molar-refractivity contribution is -0.117. The van der Waals surface area contributed by atoms with Crippen molar-refractivity contribution in [2.24, 2.45) is 11.8 Å². The molecule has 0 aromatic heterocycles. The number of carbonyl (C=O) groups is 1. The minimum atomic E-state index is -0.246. The SMILES string of the molecule is Cc1cc(NC(=O)CC(C)C2CCCNC2)ccc1F. The molecule has 1 fully saturated rings. The van der Waals surface area contributed by atoms with E-state index in [1.165, 1.54) is 18.9 Å². The number of hydrogen-bond donors (Lipinski definition) is 2. The topological polar surface area (TPSA) is 41.1 Å². The van der Waals surface area contributed by atoms with Gasteiger partial charge in [-0.05, 0) is 68.5 Å². The van der Waals surface area contributed by atoms with Gasteiger partial charge in [-0.2, -0.15) is 0 Å². The zero-order chi connectivity index (χ0) is 14.5. The van der Waals surface area contributed by atoms with Gasteiger partial charge in [0.2, 0.25) is 5.91 Å². The second kappa shape index (κ2) is 6.84. The summed E-state index contributed by atoms with van der Waals surface area (Å²) in [5.74, 6) is 0.701. The molecular weight excluding hydrogens is 255 g/mol. The van der Waals surface area contributed by atoms with Crippen LogP contribution in [-0.2, 0) is 4.79 Å². The zero-order valence-corrected chi connectivity index (χ0v) is 12.2. The normalized spacial score (nSPS) is 20.4. The highest BCUT2D eigenvalue weighted by atomic mass is 19.1. The fourth-order valence-corrected chi connectivity index (χ4v) is 2.76. The minimum absolute atomic E-state index is 0.00841. The molecule has 1 aliphatic heterocycles. The van der Waals surface area contributed by atoms with Gasteiger partial charge < -0.3 is 10.6 Å². The monoisotopic (exact) mass is 278 g/mol. The third-order valence-electron chi connectivity index (χ3n) is 4.09. The Balaban J connectivity index is 1.86. The summed E-state index contributed by atoms with van der Waals surface area (Å²) in [6.45, 7) is 5.92. The molecule has 1 saturated heterocycles. The molecule has 0 aliphatic carbocycles. The molecule has 1 amide bonds. The molecule has 20 heavy (non-hydrogen) atoms. The van der Waals surface area contributed by atoms with E-state index in [1.54, 1.807) is 19.1 Å². The van der Waals surface area contributed by atoms with Gasteiger partial charge in [0.05, 0.1) is 0 Å². The van der Waals surface area contributed by atoms with E-state index in [-0.39, 0.29) is 11.7 Å². The maximum atomic E-state index is 13.2. The number of halogens is 1. The van der Waals surface area contributed by atoms with Gasteiger partial charge in [0.1, 0.15) is 5.82 Å². The standard InChI is InChI=1S/C16H23FN2O/c1-11(13-4-3-7-18-10-13)9-16(20)19-14-5-6-15(17)12(2)8-14/h5-6,8,11,13,18H,3-4,7,9-10H2,1-2H3,(H,19,20). The number of benzene rings is 1. The van der Waals surface area contributed by atoms with E-state index in [2.05, 4.69) is 17.6 Å². The van der Waals surface area contributed by atoms with Crippen LogP contribution in [0.5, 0.6) is 0 Å². The lowest BCUT2D eigenvalue weighted by atomic mass is 9.85. The molecule has 0 spiro atoms. The van der Waals surface area contributed by atoms with E-state index in [0.717, 1.165) is 13.1 Å². The molecule has 1 heterocycles. The predicted molar refractivity (Wildman–Crippen MR) is 79.1 cm³/mol. The number of rotatable bonds is 4. The van der Waals surface area contributed by atoms with Gasteiger partial charge >= 0.3 is 0 Å². The largest absolute Gasteiger partial charge is 0.326 e. The molecular formula is C16H23FN2O. The van der Waals surface area contributed by atoms with Crippen LogP contribution >= 0.6 is 0 Å². The molecule has 3 nitrogen and oxygen atoms in total. The van der Waals surface area contributed by atoms with Gasteiger partial charge in [-0.1, -0.05) is 6.92 Å². The van der Waals surface area contributed by atoms with E-state index < -0.39 is 0 Å². The van der Waals surface area contributed by atoms with Crippen LogP contribution in [0, 0.1) is 24.6 Å². The molecule has 2 N–H and O–H groups in total. The molecule has 2 rings (SSSR count). The van der Waals surface area contributed by atoms with Crippen molar-refractivity contribution in [1.29, 1.82) is 0 Å². The summed E-state index contributed by atoms with van der Waals surface area (Å²) in [5, 5.41) is 6.23. The zero-order valence-electron chi connectivity index (χ0n) is 12.2. The van der Waals surface area contributed by atoms with E-state index >= 15 is 0 Å². The first-order chi connectivity index (χ1) is 9.56. The summed E-state index contributed by atoms with van der Waals surface area (Å²) in [6, 6.07) is 4.66. The van der Waals surface area contributed by atoms with Crippen molar-refractivity contribution in [1.82, 2.24) is 5.32 Å². The second-order valence-electron chi connectivity index (χ2n) is 5.80. The maximum Gasteiger partial charge on any atom is 0.224 e. The molecule has 110 valence electrons. The van der Waals surface area contributed by atoms with Gasteiger partial charge in [-0.25, -0.2) is 4.39 Å². The van der Waals surface area contributed by atoms with Gasteiger partial charge in [-0.3, -0.25) is 4.79 Å². The van der Waals surface area contributed by atoms with Crippen molar-refractivity contribution >= 4 is 11.6 Å². The lowest BCUT2D eigenvalue weighted by Gasteiger charge is -2.28. The number of piperidine rings is 1. The summed E-state index contributed by atoms with van der Waals surface area (Å²) >= 11 is 0. The van der Waals surface area contributed by atoms with Crippen LogP contribution in [0.3, 0.4) is 0 Å². The highest BCUT2D eigenvalue weighted by molar-refractivity contribution is 5.90. The summed E-state index contributed by atoms with van der Waals surface area (Å²) < 4.78 is 13.2. The highest BCUT2D eigenvalue weighted by Crippen LogP contribution is 2.23. The summed E-state index contributed by atoms with van der Waals surface area (Å²) in [6.07, 6.45) is 2.90. The van der Waals surface area contributed by atoms with Crippen LogP contribution in [0.1, 0.15) is 31.7 Å². The smallest absolute Gasteiger partial charge is 0.224 e. The average Bonchev–Trinajstić information content (AvgIpc) is 2.44. The van der Waals surface area contributed by atoms with Gasteiger partial charge in [0, 0.05) is 12.1 Å². The first-order valence-corrected chi connectivity index (χ1v) is 7.33. The predicted octanol–water partition coefficient (Wildman–Crippen LogP) is 3.10. The fourth-order valence-electron chi connectivity index (χ4n) is 2.76. The van der Waals surface area contributed by atoms with Crippen molar-refractivity contribution in [2.45, 2.75) is 33.1 Å². The van der Waals surface area contributed by atoms with Crippen molar-refractivity contribution in [2.75, 3.05) is 18.4 Å². The number of aryl methyl sites for hydroxylation is 1. The summed E-state index contributed by atoms with van der Waals surface area (Å²) in [5.41, 5.74) is 1.22. The molecule has 1 aromatic carbocycles. The van der Waals surface area contributed by atoms with Crippen LogP contribution in [0.2, 0.25) is 0 Å². The van der Waals surface area contributed by atoms with Crippen LogP contribution in [0.4, 0.5) is 10.1 Å². The molecule has 4 heteroatoms. The maximum absolute atomic E-state index is 13.2.